The van der Waals surface area contributed by atoms with Gasteiger partial charge in [-0.25, -0.2) is 0 Å². The van der Waals surface area contributed by atoms with Gasteiger partial charge in [-0.2, -0.15) is 0 Å². The van der Waals surface area contributed by atoms with Crippen molar-refractivity contribution in [2.75, 3.05) is 0 Å². The molecule has 3 rings (SSSR count). The van der Waals surface area contributed by atoms with Crippen molar-refractivity contribution in [2.45, 2.75) is 50.7 Å². The molecule has 1 aromatic heterocycles. The molecule has 0 aromatic carbocycles. The van der Waals surface area contributed by atoms with Crippen molar-refractivity contribution < 1.29 is 9.59 Å². The number of carbonyl (C=O) groups is 2. The molecular weight excluding hydrogens is 334 g/mol. The van der Waals surface area contributed by atoms with E-state index in [-0.39, 0.29) is 11.8 Å². The highest BCUT2D eigenvalue weighted by Crippen LogP contribution is 2.35. The number of carbonyl (C=O) groups excluding carboxylic acids is 2. The van der Waals surface area contributed by atoms with E-state index in [4.69, 9.17) is 0 Å². The van der Waals surface area contributed by atoms with Gasteiger partial charge >= 0.3 is 0 Å². The van der Waals surface area contributed by atoms with Gasteiger partial charge in [-0.05, 0) is 47.3 Å². The molecular formula is C15H18BrN3O2. The number of halogens is 1. The highest BCUT2D eigenvalue weighted by Gasteiger charge is 2.50. The zero-order chi connectivity index (χ0) is 15.0. The summed E-state index contributed by atoms with van der Waals surface area (Å²) in [6.45, 7) is 2.20. The van der Waals surface area contributed by atoms with Crippen LogP contribution in [0.15, 0.2) is 22.9 Å². The van der Waals surface area contributed by atoms with Crippen LogP contribution in [0.5, 0.6) is 0 Å². The minimum absolute atomic E-state index is 0.0482. The van der Waals surface area contributed by atoms with Gasteiger partial charge in [0, 0.05) is 23.4 Å². The Bertz CT molecular complexity index is 584. The molecule has 2 amide bonds. The summed E-state index contributed by atoms with van der Waals surface area (Å²) in [7, 11) is 0. The Kier molecular flexibility index (Phi) is 3.73. The highest BCUT2D eigenvalue weighted by molar-refractivity contribution is 9.10. The first-order valence-corrected chi connectivity index (χ1v) is 8.04. The van der Waals surface area contributed by atoms with Crippen LogP contribution in [0.2, 0.25) is 0 Å². The molecule has 1 aromatic rings. The maximum absolute atomic E-state index is 12.9. The second-order valence-corrected chi connectivity index (χ2v) is 6.81. The number of nitrogens with one attached hydrogen (secondary N) is 1. The molecule has 1 N–H and O–H groups in total. The monoisotopic (exact) mass is 351 g/mol. The number of piperazine rings is 1. The van der Waals surface area contributed by atoms with E-state index in [2.05, 4.69) is 26.2 Å². The van der Waals surface area contributed by atoms with Crippen molar-refractivity contribution in [3.05, 3.63) is 28.5 Å². The summed E-state index contributed by atoms with van der Waals surface area (Å²) in [5, 5.41) is 2.96. The molecule has 1 saturated heterocycles. The first kappa shape index (κ1) is 14.5. The fourth-order valence-corrected chi connectivity index (χ4v) is 3.66. The third-order valence-corrected chi connectivity index (χ3v) is 4.88. The Hall–Kier alpha value is -1.43. The van der Waals surface area contributed by atoms with E-state index < -0.39 is 11.6 Å². The number of pyridine rings is 1. The summed E-state index contributed by atoms with van der Waals surface area (Å²) >= 11 is 3.38. The lowest BCUT2D eigenvalue weighted by Gasteiger charge is -2.43. The van der Waals surface area contributed by atoms with Crippen molar-refractivity contribution in [1.82, 2.24) is 15.2 Å². The number of nitrogens with zero attached hydrogens (tertiary/aromatic N) is 2. The van der Waals surface area contributed by atoms with Crippen molar-refractivity contribution in [3.8, 4) is 0 Å². The quantitative estimate of drug-likeness (QED) is 0.886. The van der Waals surface area contributed by atoms with Crippen LogP contribution in [-0.2, 0) is 16.1 Å². The summed E-state index contributed by atoms with van der Waals surface area (Å²) < 4.78 is 0.872. The van der Waals surface area contributed by atoms with Gasteiger partial charge in [0.1, 0.15) is 11.6 Å². The summed E-state index contributed by atoms with van der Waals surface area (Å²) in [5.74, 6) is -0.00784. The van der Waals surface area contributed by atoms with E-state index in [1.807, 2.05) is 6.07 Å². The predicted molar refractivity (Wildman–Crippen MR) is 81.3 cm³/mol. The van der Waals surface area contributed by atoms with Crippen molar-refractivity contribution >= 4 is 27.7 Å². The Morgan fingerprint density at radius 3 is 2.76 bits per heavy atom. The van der Waals surface area contributed by atoms with E-state index in [1.54, 1.807) is 24.2 Å². The van der Waals surface area contributed by atoms with Crippen molar-refractivity contribution in [1.29, 1.82) is 0 Å². The molecule has 1 spiro atoms. The van der Waals surface area contributed by atoms with Crippen LogP contribution in [0.4, 0.5) is 0 Å². The minimum Gasteiger partial charge on any atom is -0.340 e. The van der Waals surface area contributed by atoms with Gasteiger partial charge in [-0.15, -0.1) is 0 Å². The van der Waals surface area contributed by atoms with Crippen LogP contribution in [0.1, 0.15) is 38.2 Å². The van der Waals surface area contributed by atoms with Gasteiger partial charge < -0.3 is 10.2 Å². The van der Waals surface area contributed by atoms with Crippen LogP contribution in [-0.4, -0.2) is 33.3 Å². The summed E-state index contributed by atoms with van der Waals surface area (Å²) in [6.07, 6.45) is 6.92. The fourth-order valence-electron chi connectivity index (χ4n) is 3.25. The van der Waals surface area contributed by atoms with E-state index in [1.165, 1.54) is 0 Å². The van der Waals surface area contributed by atoms with Gasteiger partial charge in [-0.1, -0.05) is 12.8 Å². The maximum atomic E-state index is 12.9. The lowest BCUT2D eigenvalue weighted by Crippen LogP contribution is -2.68. The van der Waals surface area contributed by atoms with E-state index in [0.29, 0.717) is 6.54 Å². The molecule has 0 bridgehead atoms. The molecule has 0 radical (unpaired) electrons. The number of amides is 2. The summed E-state index contributed by atoms with van der Waals surface area (Å²) in [6, 6.07) is 1.49. The molecule has 5 nitrogen and oxygen atoms in total. The molecule has 2 heterocycles. The average molecular weight is 352 g/mol. The van der Waals surface area contributed by atoms with Crippen LogP contribution in [0, 0.1) is 0 Å². The molecule has 1 unspecified atom stereocenters. The predicted octanol–water partition coefficient (Wildman–Crippen LogP) is 2.00. The SMILES string of the molecule is CC1C(=O)NC2(CCCC2)C(=O)N1Cc1cncc(Br)c1. The van der Waals surface area contributed by atoms with E-state index in [9.17, 15) is 9.59 Å². The van der Waals surface area contributed by atoms with Crippen LogP contribution < -0.4 is 5.32 Å². The van der Waals surface area contributed by atoms with Crippen LogP contribution in [0.3, 0.4) is 0 Å². The van der Waals surface area contributed by atoms with Gasteiger partial charge in [0.15, 0.2) is 0 Å². The van der Waals surface area contributed by atoms with E-state index >= 15 is 0 Å². The first-order valence-electron chi connectivity index (χ1n) is 7.24. The molecule has 1 aliphatic heterocycles. The zero-order valence-electron chi connectivity index (χ0n) is 11.9. The third kappa shape index (κ3) is 2.57. The Morgan fingerprint density at radius 2 is 2.10 bits per heavy atom. The lowest BCUT2D eigenvalue weighted by atomic mass is 9.91. The second kappa shape index (κ2) is 5.40. The Labute approximate surface area is 132 Å². The molecule has 112 valence electrons. The van der Waals surface area contributed by atoms with Crippen LogP contribution in [0.25, 0.3) is 0 Å². The molecule has 6 heteroatoms. The van der Waals surface area contributed by atoms with Gasteiger partial charge in [0.2, 0.25) is 11.8 Å². The fraction of sp³-hybridized carbons (Fsp3) is 0.533. The van der Waals surface area contributed by atoms with Gasteiger partial charge in [0.25, 0.3) is 0 Å². The van der Waals surface area contributed by atoms with Gasteiger partial charge in [0.05, 0.1) is 0 Å². The van der Waals surface area contributed by atoms with Crippen molar-refractivity contribution in [2.24, 2.45) is 0 Å². The van der Waals surface area contributed by atoms with E-state index in [0.717, 1.165) is 35.7 Å². The average Bonchev–Trinajstić information content (AvgIpc) is 2.91. The first-order chi connectivity index (χ1) is 10.0. The largest absolute Gasteiger partial charge is 0.340 e. The summed E-state index contributed by atoms with van der Waals surface area (Å²) in [4.78, 5) is 30.9. The molecule has 2 aliphatic rings. The normalized spacial score (nSPS) is 24.5. The highest BCUT2D eigenvalue weighted by atomic mass is 79.9. The number of rotatable bonds is 2. The van der Waals surface area contributed by atoms with Crippen molar-refractivity contribution in [3.63, 3.8) is 0 Å². The molecule has 21 heavy (non-hydrogen) atoms. The molecule has 1 saturated carbocycles. The second-order valence-electron chi connectivity index (χ2n) is 5.90. The molecule has 2 fully saturated rings. The third-order valence-electron chi connectivity index (χ3n) is 4.45. The number of hydrogen-bond acceptors (Lipinski definition) is 3. The lowest BCUT2D eigenvalue weighted by molar-refractivity contribution is -0.154. The Balaban J connectivity index is 1.88. The molecule has 1 aliphatic carbocycles. The number of hydrogen-bond donors (Lipinski definition) is 1. The summed E-state index contributed by atoms with van der Waals surface area (Å²) in [5.41, 5.74) is 0.260. The topological polar surface area (TPSA) is 62.3 Å². The Morgan fingerprint density at radius 1 is 1.38 bits per heavy atom. The maximum Gasteiger partial charge on any atom is 0.249 e. The standard InChI is InChI=1S/C15H18BrN3O2/c1-10-13(20)18-15(4-2-3-5-15)14(21)19(10)9-11-6-12(16)8-17-7-11/h6-8,10H,2-5,9H2,1H3,(H,18,20). The minimum atomic E-state index is -0.664. The number of aromatic nitrogens is 1. The van der Waals surface area contributed by atoms with Crippen LogP contribution >= 0.6 is 15.9 Å². The molecule has 1 atom stereocenters. The zero-order valence-corrected chi connectivity index (χ0v) is 13.5. The van der Waals surface area contributed by atoms with Gasteiger partial charge in [-0.3, -0.25) is 14.6 Å². The smallest absolute Gasteiger partial charge is 0.249 e.